The van der Waals surface area contributed by atoms with Gasteiger partial charge >= 0.3 is 5.97 Å². The lowest BCUT2D eigenvalue weighted by Crippen LogP contribution is -2.32. The molecule has 0 radical (unpaired) electrons. The summed E-state index contributed by atoms with van der Waals surface area (Å²) in [6, 6.07) is 2.40. The van der Waals surface area contributed by atoms with Gasteiger partial charge in [-0.05, 0) is 48.6 Å². The lowest BCUT2D eigenvalue weighted by molar-refractivity contribution is -0.138. The predicted octanol–water partition coefficient (Wildman–Crippen LogP) is 1.22. The van der Waals surface area contributed by atoms with Gasteiger partial charge in [0.25, 0.3) is 0 Å². The largest absolute Gasteiger partial charge is 0.508 e. The highest BCUT2D eigenvalue weighted by Crippen LogP contribution is 2.23. The minimum Gasteiger partial charge on any atom is -0.508 e. The van der Waals surface area contributed by atoms with Crippen LogP contribution in [0.1, 0.15) is 23.6 Å². The molecule has 0 saturated carbocycles. The molecule has 0 spiro atoms. The van der Waals surface area contributed by atoms with E-state index in [9.17, 15) is 9.90 Å². The molecule has 4 nitrogen and oxygen atoms in total. The van der Waals surface area contributed by atoms with E-state index in [1.54, 1.807) is 12.1 Å². The molecule has 1 atom stereocenters. The van der Waals surface area contributed by atoms with Crippen LogP contribution in [0.2, 0.25) is 0 Å². The molecule has 0 bridgehead atoms. The molecule has 1 aromatic carbocycles. The van der Waals surface area contributed by atoms with Gasteiger partial charge in [-0.3, -0.25) is 4.79 Å². The van der Waals surface area contributed by atoms with Crippen molar-refractivity contribution in [1.29, 1.82) is 0 Å². The summed E-state index contributed by atoms with van der Waals surface area (Å²) < 4.78 is 0. The third kappa shape index (κ3) is 2.73. The van der Waals surface area contributed by atoms with Crippen molar-refractivity contribution < 1.29 is 15.0 Å². The maximum atomic E-state index is 10.7. The van der Waals surface area contributed by atoms with Gasteiger partial charge in [0.1, 0.15) is 11.8 Å². The summed E-state index contributed by atoms with van der Waals surface area (Å²) in [5.41, 5.74) is 8.28. The number of phenolic OH excluding ortho intramolecular Hbond substituents is 1. The summed E-state index contributed by atoms with van der Waals surface area (Å²) in [5, 5.41) is 18.2. The summed E-state index contributed by atoms with van der Waals surface area (Å²) in [6.45, 7) is 3.81. The second-order valence-corrected chi connectivity index (χ2v) is 3.90. The van der Waals surface area contributed by atoms with Crippen LogP contribution in [-0.4, -0.2) is 22.2 Å². The van der Waals surface area contributed by atoms with Gasteiger partial charge in [-0.15, -0.1) is 0 Å². The van der Waals surface area contributed by atoms with Crippen LogP contribution in [0.25, 0.3) is 0 Å². The molecule has 16 heavy (non-hydrogen) atoms. The fourth-order valence-electron chi connectivity index (χ4n) is 1.78. The molecular formula is C12H17NO3. The molecule has 0 aliphatic carbocycles. The molecule has 4 N–H and O–H groups in total. The van der Waals surface area contributed by atoms with Crippen molar-refractivity contribution in [3.8, 4) is 5.75 Å². The average Bonchev–Trinajstić information content (AvgIpc) is 2.21. The minimum atomic E-state index is -1.01. The maximum Gasteiger partial charge on any atom is 0.320 e. The molecule has 4 heteroatoms. The number of benzene rings is 1. The fraction of sp³-hybridized carbons (Fsp3) is 0.417. The monoisotopic (exact) mass is 223 g/mol. The van der Waals surface area contributed by atoms with Crippen LogP contribution < -0.4 is 5.73 Å². The molecule has 0 aliphatic heterocycles. The van der Waals surface area contributed by atoms with Crippen LogP contribution in [0.5, 0.6) is 5.75 Å². The SMILES string of the molecule is CCc1cc(O)cc(C)c1CC(N)C(=O)O. The second-order valence-electron chi connectivity index (χ2n) is 3.90. The van der Waals surface area contributed by atoms with E-state index >= 15 is 0 Å². The smallest absolute Gasteiger partial charge is 0.320 e. The molecule has 0 aromatic heterocycles. The Morgan fingerprint density at radius 1 is 1.50 bits per heavy atom. The average molecular weight is 223 g/mol. The Labute approximate surface area is 94.7 Å². The van der Waals surface area contributed by atoms with Gasteiger partial charge in [0.05, 0.1) is 0 Å². The van der Waals surface area contributed by atoms with Crippen LogP contribution in [0.4, 0.5) is 0 Å². The van der Waals surface area contributed by atoms with E-state index in [1.807, 2.05) is 13.8 Å². The van der Waals surface area contributed by atoms with E-state index in [0.717, 1.165) is 23.1 Å². The zero-order valence-electron chi connectivity index (χ0n) is 9.53. The molecular weight excluding hydrogens is 206 g/mol. The third-order valence-electron chi connectivity index (χ3n) is 2.67. The van der Waals surface area contributed by atoms with Crippen LogP contribution >= 0.6 is 0 Å². The number of aromatic hydroxyl groups is 1. The van der Waals surface area contributed by atoms with Gasteiger partial charge < -0.3 is 15.9 Å². The third-order valence-corrected chi connectivity index (χ3v) is 2.67. The van der Waals surface area contributed by atoms with Crippen LogP contribution in [0.15, 0.2) is 12.1 Å². The van der Waals surface area contributed by atoms with Gasteiger partial charge in [0.2, 0.25) is 0 Å². The molecule has 1 unspecified atom stereocenters. The first-order chi connectivity index (χ1) is 7.45. The zero-order chi connectivity index (χ0) is 12.3. The Balaban J connectivity index is 3.07. The van der Waals surface area contributed by atoms with E-state index in [4.69, 9.17) is 10.8 Å². The van der Waals surface area contributed by atoms with Gasteiger partial charge in [-0.2, -0.15) is 0 Å². The van der Waals surface area contributed by atoms with Crippen LogP contribution in [0, 0.1) is 6.92 Å². The number of carboxylic acids is 1. The Morgan fingerprint density at radius 2 is 2.12 bits per heavy atom. The minimum absolute atomic E-state index is 0.210. The zero-order valence-corrected chi connectivity index (χ0v) is 9.53. The van der Waals surface area contributed by atoms with Crippen molar-refractivity contribution in [2.75, 3.05) is 0 Å². The topological polar surface area (TPSA) is 83.5 Å². The number of phenols is 1. The molecule has 0 aliphatic rings. The van der Waals surface area contributed by atoms with Crippen molar-refractivity contribution in [2.45, 2.75) is 32.7 Å². The van der Waals surface area contributed by atoms with Crippen molar-refractivity contribution in [3.63, 3.8) is 0 Å². The fourth-order valence-corrected chi connectivity index (χ4v) is 1.78. The summed E-state index contributed by atoms with van der Waals surface area (Å²) in [7, 11) is 0. The van der Waals surface area contributed by atoms with Crippen LogP contribution in [0.3, 0.4) is 0 Å². The quantitative estimate of drug-likeness (QED) is 0.716. The van der Waals surface area contributed by atoms with Crippen molar-refractivity contribution in [3.05, 3.63) is 28.8 Å². The number of rotatable bonds is 4. The van der Waals surface area contributed by atoms with E-state index in [1.165, 1.54) is 0 Å². The lowest BCUT2D eigenvalue weighted by Gasteiger charge is -2.14. The highest BCUT2D eigenvalue weighted by molar-refractivity contribution is 5.73. The Kier molecular flexibility index (Phi) is 3.90. The van der Waals surface area contributed by atoms with Crippen LogP contribution in [-0.2, 0) is 17.6 Å². The maximum absolute atomic E-state index is 10.7. The molecule has 1 aromatic rings. The summed E-state index contributed by atoms with van der Waals surface area (Å²) in [6.07, 6.45) is 1.04. The number of aryl methyl sites for hydroxylation is 2. The first kappa shape index (κ1) is 12.5. The number of carboxylic acid groups (broad SMARTS) is 1. The van der Waals surface area contributed by atoms with E-state index in [0.29, 0.717) is 6.42 Å². The van der Waals surface area contributed by atoms with Crippen molar-refractivity contribution in [2.24, 2.45) is 5.73 Å². The summed E-state index contributed by atoms with van der Waals surface area (Å²) in [4.78, 5) is 10.7. The number of hydrogen-bond acceptors (Lipinski definition) is 3. The Morgan fingerprint density at radius 3 is 2.62 bits per heavy atom. The highest BCUT2D eigenvalue weighted by Gasteiger charge is 2.16. The second kappa shape index (κ2) is 4.99. The molecule has 88 valence electrons. The number of nitrogens with two attached hydrogens (primary N) is 1. The first-order valence-electron chi connectivity index (χ1n) is 5.25. The standard InChI is InChI=1S/C12H17NO3/c1-3-8-5-9(14)4-7(2)10(8)6-11(13)12(15)16/h4-5,11,14H,3,6,13H2,1-2H3,(H,15,16). The van der Waals surface area contributed by atoms with E-state index in [-0.39, 0.29) is 5.75 Å². The van der Waals surface area contributed by atoms with E-state index < -0.39 is 12.0 Å². The molecule has 0 heterocycles. The number of hydrogen-bond donors (Lipinski definition) is 3. The van der Waals surface area contributed by atoms with Gasteiger partial charge in [0.15, 0.2) is 0 Å². The molecule has 1 rings (SSSR count). The van der Waals surface area contributed by atoms with Gasteiger partial charge in [0, 0.05) is 0 Å². The summed E-state index contributed by atoms with van der Waals surface area (Å²) >= 11 is 0. The van der Waals surface area contributed by atoms with Crippen molar-refractivity contribution in [1.82, 2.24) is 0 Å². The van der Waals surface area contributed by atoms with Gasteiger partial charge in [-0.25, -0.2) is 0 Å². The lowest BCUT2D eigenvalue weighted by atomic mass is 9.94. The predicted molar refractivity (Wildman–Crippen MR) is 61.5 cm³/mol. The summed E-state index contributed by atoms with van der Waals surface area (Å²) in [5.74, 6) is -0.795. The Hall–Kier alpha value is -1.55. The number of aliphatic carboxylic acids is 1. The van der Waals surface area contributed by atoms with E-state index in [2.05, 4.69) is 0 Å². The van der Waals surface area contributed by atoms with Gasteiger partial charge in [-0.1, -0.05) is 6.92 Å². The van der Waals surface area contributed by atoms with Crippen molar-refractivity contribution >= 4 is 5.97 Å². The normalized spacial score (nSPS) is 12.4. The number of carbonyl (C=O) groups is 1. The highest BCUT2D eigenvalue weighted by atomic mass is 16.4. The Bertz CT molecular complexity index is 401. The molecule has 0 saturated heterocycles. The molecule has 0 fully saturated rings. The first-order valence-corrected chi connectivity index (χ1v) is 5.25. The molecule has 0 amide bonds.